The molecule has 0 aromatic rings. The normalized spacial score (nSPS) is 19.6. The summed E-state index contributed by atoms with van der Waals surface area (Å²) in [5.74, 6) is 1.29. The van der Waals surface area contributed by atoms with E-state index in [1.807, 2.05) is 13.1 Å². The summed E-state index contributed by atoms with van der Waals surface area (Å²) in [4.78, 5) is 4.42. The van der Waals surface area contributed by atoms with E-state index in [2.05, 4.69) is 108 Å². The molecule has 182 valence electrons. The third-order valence-corrected chi connectivity index (χ3v) is 6.61. The summed E-state index contributed by atoms with van der Waals surface area (Å²) in [6.45, 7) is 26.1. The summed E-state index contributed by atoms with van der Waals surface area (Å²) >= 11 is 0. The lowest BCUT2D eigenvalue weighted by molar-refractivity contribution is 0.343. The molecule has 1 aliphatic carbocycles. The minimum absolute atomic E-state index is 0.468. The predicted molar refractivity (Wildman–Crippen MR) is 148 cm³/mol. The lowest BCUT2D eigenvalue weighted by Gasteiger charge is -2.27. The van der Waals surface area contributed by atoms with Gasteiger partial charge < -0.3 is 10.6 Å². The molecule has 3 heteroatoms. The summed E-state index contributed by atoms with van der Waals surface area (Å²) in [6.07, 6.45) is 13.7. The quantitative estimate of drug-likeness (QED) is 0.298. The smallest absolute Gasteiger partial charge is 0.0644 e. The molecule has 0 aromatic heterocycles. The van der Waals surface area contributed by atoms with Crippen LogP contribution in [0.1, 0.15) is 74.7 Å². The molecule has 0 saturated heterocycles. The topological polar surface area (TPSA) is 36.4 Å². The maximum Gasteiger partial charge on any atom is 0.0644 e. The van der Waals surface area contributed by atoms with Crippen LogP contribution in [0.15, 0.2) is 87.9 Å². The molecule has 0 heterocycles. The fraction of sp³-hybridized carbons (Fsp3) is 0.500. The van der Waals surface area contributed by atoms with Crippen LogP contribution in [0.25, 0.3) is 0 Å². The van der Waals surface area contributed by atoms with Crippen LogP contribution in [0.4, 0.5) is 0 Å². The molecule has 2 N–H and O–H groups in total. The Morgan fingerprint density at radius 2 is 1.79 bits per heavy atom. The first-order valence-corrected chi connectivity index (χ1v) is 12.4. The van der Waals surface area contributed by atoms with Gasteiger partial charge in [-0.1, -0.05) is 65.8 Å². The van der Waals surface area contributed by atoms with Gasteiger partial charge in [0.05, 0.1) is 5.71 Å². The molecule has 33 heavy (non-hydrogen) atoms. The molecular formula is C30H47N3. The van der Waals surface area contributed by atoms with E-state index in [9.17, 15) is 0 Å². The summed E-state index contributed by atoms with van der Waals surface area (Å²) in [5, 5.41) is 7.24. The molecule has 0 bridgehead atoms. The second-order valence-corrected chi connectivity index (χ2v) is 9.55. The standard InChI is InChI=1S/C30H47N3/c1-12-21(6)17-30(20(4)5)33-24(9)23(8)18-26(14-3)25(10)32-27-15-16-29(31-11)28(19-27)22(7)13-2/h14-16,18-21,30,32-33H,3,10,12-13,17H2,1-2,4-9,11H3/b24-23+,26-18-,28-22-,31-29?. The zero-order chi connectivity index (χ0) is 25.1. The molecule has 1 aliphatic rings. The maximum atomic E-state index is 4.42. The minimum atomic E-state index is 0.468. The Kier molecular flexibility index (Phi) is 12.0. The number of hydrogen-bond acceptors (Lipinski definition) is 3. The van der Waals surface area contributed by atoms with E-state index in [4.69, 9.17) is 0 Å². The fourth-order valence-electron chi connectivity index (χ4n) is 3.69. The Hall–Kier alpha value is -2.55. The Morgan fingerprint density at radius 3 is 2.30 bits per heavy atom. The van der Waals surface area contributed by atoms with Gasteiger partial charge in [-0.15, -0.1) is 0 Å². The van der Waals surface area contributed by atoms with Crippen molar-refractivity contribution in [3.05, 3.63) is 82.9 Å². The van der Waals surface area contributed by atoms with Crippen LogP contribution in [-0.2, 0) is 0 Å². The van der Waals surface area contributed by atoms with Crippen molar-refractivity contribution >= 4 is 5.71 Å². The fourth-order valence-corrected chi connectivity index (χ4v) is 3.69. The van der Waals surface area contributed by atoms with Crippen LogP contribution in [0.2, 0.25) is 0 Å². The number of hydrogen-bond donors (Lipinski definition) is 2. The molecule has 0 aromatic carbocycles. The van der Waals surface area contributed by atoms with Gasteiger partial charge in [0.25, 0.3) is 0 Å². The van der Waals surface area contributed by atoms with Crippen LogP contribution in [-0.4, -0.2) is 18.8 Å². The first kappa shape index (κ1) is 28.5. The van der Waals surface area contributed by atoms with E-state index >= 15 is 0 Å². The predicted octanol–water partition coefficient (Wildman–Crippen LogP) is 7.80. The molecule has 2 unspecified atom stereocenters. The molecule has 1 rings (SSSR count). The van der Waals surface area contributed by atoms with Crippen molar-refractivity contribution in [3.8, 4) is 0 Å². The first-order valence-electron chi connectivity index (χ1n) is 12.4. The monoisotopic (exact) mass is 449 g/mol. The van der Waals surface area contributed by atoms with Gasteiger partial charge in [0.2, 0.25) is 0 Å². The second-order valence-electron chi connectivity index (χ2n) is 9.55. The van der Waals surface area contributed by atoms with E-state index in [-0.39, 0.29) is 0 Å². The van der Waals surface area contributed by atoms with E-state index in [1.54, 1.807) is 0 Å². The van der Waals surface area contributed by atoms with E-state index in [0.29, 0.717) is 17.9 Å². The third-order valence-electron chi connectivity index (χ3n) is 6.61. The van der Waals surface area contributed by atoms with Crippen LogP contribution in [0, 0.1) is 11.8 Å². The number of rotatable bonds is 12. The Labute approximate surface area is 203 Å². The highest BCUT2D eigenvalue weighted by atomic mass is 14.9. The molecule has 2 atom stereocenters. The molecule has 0 aliphatic heterocycles. The lowest BCUT2D eigenvalue weighted by Crippen LogP contribution is -2.34. The Morgan fingerprint density at radius 1 is 1.12 bits per heavy atom. The Balaban J connectivity index is 3.08. The molecule has 0 spiro atoms. The van der Waals surface area contributed by atoms with Crippen molar-refractivity contribution < 1.29 is 0 Å². The summed E-state index contributed by atoms with van der Waals surface area (Å²) in [7, 11) is 1.84. The number of nitrogens with zero attached hydrogens (tertiary/aromatic N) is 1. The van der Waals surface area contributed by atoms with Crippen molar-refractivity contribution in [3.63, 3.8) is 0 Å². The van der Waals surface area contributed by atoms with Gasteiger partial charge in [-0.3, -0.25) is 4.99 Å². The highest BCUT2D eigenvalue weighted by Gasteiger charge is 2.17. The van der Waals surface area contributed by atoms with Gasteiger partial charge in [0.1, 0.15) is 0 Å². The summed E-state index contributed by atoms with van der Waals surface area (Å²) in [6, 6.07) is 0.468. The Bertz CT molecular complexity index is 888. The summed E-state index contributed by atoms with van der Waals surface area (Å²) in [5.41, 5.74) is 8.74. The van der Waals surface area contributed by atoms with E-state index in [0.717, 1.165) is 29.1 Å². The van der Waals surface area contributed by atoms with Crippen LogP contribution in [0.3, 0.4) is 0 Å². The van der Waals surface area contributed by atoms with Crippen molar-refractivity contribution in [1.29, 1.82) is 0 Å². The highest BCUT2D eigenvalue weighted by Crippen LogP contribution is 2.22. The number of allylic oxidation sites excluding steroid dienone is 9. The zero-order valence-corrected chi connectivity index (χ0v) is 22.6. The maximum absolute atomic E-state index is 4.42. The van der Waals surface area contributed by atoms with Gasteiger partial charge in [-0.25, -0.2) is 0 Å². The molecular weight excluding hydrogens is 402 g/mol. The van der Waals surface area contributed by atoms with Crippen molar-refractivity contribution in [2.75, 3.05) is 7.05 Å². The van der Waals surface area contributed by atoms with Gasteiger partial charge in [-0.2, -0.15) is 0 Å². The van der Waals surface area contributed by atoms with Gasteiger partial charge in [-0.05, 0) is 80.9 Å². The molecule has 0 saturated carbocycles. The molecule has 0 radical (unpaired) electrons. The molecule has 0 fully saturated rings. The SMILES string of the molecule is C=C/C(=C/C(C)=C(\C)NC(CC(C)CC)C(C)C)C(=C)NC1=C/C(=C(\C)CC)C(=NC)C=C1. The zero-order valence-electron chi connectivity index (χ0n) is 22.6. The minimum Gasteiger partial charge on any atom is -0.385 e. The highest BCUT2D eigenvalue weighted by molar-refractivity contribution is 6.12. The first-order chi connectivity index (χ1) is 15.6. The van der Waals surface area contributed by atoms with Crippen LogP contribution >= 0.6 is 0 Å². The van der Waals surface area contributed by atoms with Crippen molar-refractivity contribution in [2.45, 2.75) is 80.7 Å². The van der Waals surface area contributed by atoms with Crippen LogP contribution in [0.5, 0.6) is 0 Å². The second kappa shape index (κ2) is 13.9. The third kappa shape index (κ3) is 8.72. The average Bonchev–Trinajstić information content (AvgIpc) is 2.80. The lowest BCUT2D eigenvalue weighted by atomic mass is 9.92. The van der Waals surface area contributed by atoms with E-state index < -0.39 is 0 Å². The number of nitrogens with one attached hydrogen (secondary N) is 2. The summed E-state index contributed by atoms with van der Waals surface area (Å²) < 4.78 is 0. The van der Waals surface area contributed by atoms with Crippen LogP contribution < -0.4 is 10.6 Å². The van der Waals surface area contributed by atoms with Crippen molar-refractivity contribution in [1.82, 2.24) is 10.6 Å². The molecule has 0 amide bonds. The number of aliphatic imine (C=N–C) groups is 1. The average molecular weight is 450 g/mol. The molecule has 3 nitrogen and oxygen atoms in total. The van der Waals surface area contributed by atoms with Gasteiger partial charge >= 0.3 is 0 Å². The van der Waals surface area contributed by atoms with Crippen molar-refractivity contribution in [2.24, 2.45) is 16.8 Å². The largest absolute Gasteiger partial charge is 0.385 e. The van der Waals surface area contributed by atoms with Gasteiger partial charge in [0, 0.05) is 35.8 Å². The van der Waals surface area contributed by atoms with Gasteiger partial charge in [0.15, 0.2) is 0 Å². The van der Waals surface area contributed by atoms with E-state index in [1.165, 1.54) is 35.3 Å².